The maximum atomic E-state index is 12.4. The van der Waals surface area contributed by atoms with Crippen molar-refractivity contribution in [3.05, 3.63) is 47.5 Å². The van der Waals surface area contributed by atoms with Gasteiger partial charge in [0.05, 0.1) is 17.4 Å². The molecule has 6 heteroatoms. The Kier molecular flexibility index (Phi) is 3.21. The molecule has 0 saturated heterocycles. The summed E-state index contributed by atoms with van der Waals surface area (Å²) in [5.74, 6) is -0.518. The highest BCUT2D eigenvalue weighted by atomic mass is 16.2. The van der Waals surface area contributed by atoms with Gasteiger partial charge in [-0.1, -0.05) is 0 Å². The molecule has 0 spiro atoms. The molecule has 0 radical (unpaired) electrons. The van der Waals surface area contributed by atoms with Crippen molar-refractivity contribution in [1.29, 1.82) is 0 Å². The number of rotatable bonds is 2. The van der Waals surface area contributed by atoms with Gasteiger partial charge in [0.1, 0.15) is 5.69 Å². The highest BCUT2D eigenvalue weighted by Gasteiger charge is 2.27. The van der Waals surface area contributed by atoms with Crippen molar-refractivity contribution in [2.45, 2.75) is 19.9 Å². The van der Waals surface area contributed by atoms with E-state index in [9.17, 15) is 9.59 Å². The Bertz CT molecular complexity index is 720. The largest absolute Gasteiger partial charge is 0.349 e. The summed E-state index contributed by atoms with van der Waals surface area (Å²) >= 11 is 0. The molecule has 2 aromatic rings. The van der Waals surface area contributed by atoms with Crippen LogP contribution in [-0.2, 0) is 0 Å². The standard InChI is InChI=1S/C15H16N4O2/c1-9-3-5-16-8-12(9)18-14(20)11-4-6-19-10(2)7-17-15(21)13(11)19/h3-6,8,10H,7H2,1-2H3,(H,17,21)(H,18,20)/t10-/m0/s1. The van der Waals surface area contributed by atoms with Crippen LogP contribution in [-0.4, -0.2) is 27.9 Å². The van der Waals surface area contributed by atoms with Gasteiger partial charge in [0.15, 0.2) is 0 Å². The summed E-state index contributed by atoms with van der Waals surface area (Å²) in [6, 6.07) is 3.64. The van der Waals surface area contributed by atoms with Crippen LogP contribution in [0.5, 0.6) is 0 Å². The molecule has 3 rings (SSSR count). The molecule has 0 aromatic carbocycles. The molecule has 1 aliphatic rings. The summed E-state index contributed by atoms with van der Waals surface area (Å²) in [6.45, 7) is 4.46. The van der Waals surface area contributed by atoms with E-state index in [2.05, 4.69) is 15.6 Å². The third-order valence-corrected chi connectivity index (χ3v) is 3.69. The van der Waals surface area contributed by atoms with Crippen molar-refractivity contribution < 1.29 is 9.59 Å². The molecule has 0 bridgehead atoms. The molecule has 3 heterocycles. The van der Waals surface area contributed by atoms with E-state index < -0.39 is 0 Å². The van der Waals surface area contributed by atoms with Crippen molar-refractivity contribution >= 4 is 17.5 Å². The first-order valence-corrected chi connectivity index (χ1v) is 6.79. The molecule has 0 saturated carbocycles. The maximum absolute atomic E-state index is 12.4. The lowest BCUT2D eigenvalue weighted by Crippen LogP contribution is -2.38. The molecule has 2 N–H and O–H groups in total. The molecule has 6 nitrogen and oxygen atoms in total. The van der Waals surface area contributed by atoms with Crippen LogP contribution < -0.4 is 10.6 Å². The van der Waals surface area contributed by atoms with Crippen molar-refractivity contribution in [3.63, 3.8) is 0 Å². The number of fused-ring (bicyclic) bond motifs is 1. The van der Waals surface area contributed by atoms with Gasteiger partial charge in [0, 0.05) is 25.0 Å². The van der Waals surface area contributed by atoms with Crippen LogP contribution in [0.25, 0.3) is 0 Å². The lowest BCUT2D eigenvalue weighted by atomic mass is 10.1. The van der Waals surface area contributed by atoms with Crippen LogP contribution in [0.2, 0.25) is 0 Å². The lowest BCUT2D eigenvalue weighted by molar-refractivity contribution is 0.0906. The number of nitrogens with one attached hydrogen (secondary N) is 2. The summed E-state index contributed by atoms with van der Waals surface area (Å²) in [5.41, 5.74) is 2.35. The first kappa shape index (κ1) is 13.4. The van der Waals surface area contributed by atoms with Crippen molar-refractivity contribution in [3.8, 4) is 0 Å². The highest BCUT2D eigenvalue weighted by molar-refractivity contribution is 6.12. The number of pyridine rings is 1. The molecule has 0 aliphatic carbocycles. The smallest absolute Gasteiger partial charge is 0.268 e. The number of aromatic nitrogens is 2. The molecular formula is C15H16N4O2. The van der Waals surface area contributed by atoms with Gasteiger partial charge in [-0.3, -0.25) is 14.6 Å². The zero-order valence-corrected chi connectivity index (χ0v) is 11.9. The van der Waals surface area contributed by atoms with Gasteiger partial charge < -0.3 is 15.2 Å². The van der Waals surface area contributed by atoms with Gasteiger partial charge in [0.25, 0.3) is 11.8 Å². The zero-order chi connectivity index (χ0) is 15.0. The fraction of sp³-hybridized carbons (Fsp3) is 0.267. The fourth-order valence-electron chi connectivity index (χ4n) is 2.44. The first-order valence-electron chi connectivity index (χ1n) is 6.79. The summed E-state index contributed by atoms with van der Waals surface area (Å²) in [6.07, 6.45) is 5.04. The number of hydrogen-bond donors (Lipinski definition) is 2. The number of nitrogens with zero attached hydrogens (tertiary/aromatic N) is 2. The van der Waals surface area contributed by atoms with Crippen LogP contribution in [0.1, 0.15) is 39.4 Å². The molecule has 1 atom stereocenters. The topological polar surface area (TPSA) is 76.0 Å². The summed E-state index contributed by atoms with van der Waals surface area (Å²) in [5, 5.41) is 5.60. The molecule has 21 heavy (non-hydrogen) atoms. The van der Waals surface area contributed by atoms with Gasteiger partial charge in [0.2, 0.25) is 0 Å². The molecule has 2 amide bonds. The van der Waals surface area contributed by atoms with E-state index in [0.717, 1.165) is 5.56 Å². The minimum absolute atomic E-state index is 0.138. The van der Waals surface area contributed by atoms with Crippen LogP contribution in [0.4, 0.5) is 5.69 Å². The van der Waals surface area contributed by atoms with E-state index >= 15 is 0 Å². The second-order valence-electron chi connectivity index (χ2n) is 5.19. The zero-order valence-electron chi connectivity index (χ0n) is 11.9. The number of hydrogen-bond acceptors (Lipinski definition) is 3. The highest BCUT2D eigenvalue weighted by Crippen LogP contribution is 2.22. The summed E-state index contributed by atoms with van der Waals surface area (Å²) < 4.78 is 1.84. The Morgan fingerprint density at radius 2 is 2.29 bits per heavy atom. The van der Waals surface area contributed by atoms with E-state index in [1.807, 2.05) is 24.5 Å². The molecule has 0 fully saturated rings. The summed E-state index contributed by atoms with van der Waals surface area (Å²) in [4.78, 5) is 28.4. The number of aryl methyl sites for hydroxylation is 1. The molecule has 0 unspecified atom stereocenters. The normalized spacial score (nSPS) is 17.0. The van der Waals surface area contributed by atoms with E-state index in [4.69, 9.17) is 0 Å². The van der Waals surface area contributed by atoms with Gasteiger partial charge in [-0.15, -0.1) is 0 Å². The Labute approximate surface area is 122 Å². The molecule has 108 valence electrons. The van der Waals surface area contributed by atoms with E-state index in [-0.39, 0.29) is 17.9 Å². The van der Waals surface area contributed by atoms with Gasteiger partial charge >= 0.3 is 0 Å². The fourth-order valence-corrected chi connectivity index (χ4v) is 2.44. The monoisotopic (exact) mass is 284 g/mol. The maximum Gasteiger partial charge on any atom is 0.268 e. The number of amides is 2. The number of carbonyl (C=O) groups is 2. The van der Waals surface area contributed by atoms with Crippen molar-refractivity contribution in [2.24, 2.45) is 0 Å². The second-order valence-corrected chi connectivity index (χ2v) is 5.19. The number of carbonyl (C=O) groups excluding carboxylic acids is 2. The van der Waals surface area contributed by atoms with Crippen LogP contribution in [0.15, 0.2) is 30.7 Å². The van der Waals surface area contributed by atoms with Crippen molar-refractivity contribution in [1.82, 2.24) is 14.9 Å². The Morgan fingerprint density at radius 3 is 3.05 bits per heavy atom. The number of anilines is 1. The molecular weight excluding hydrogens is 268 g/mol. The quantitative estimate of drug-likeness (QED) is 0.882. The van der Waals surface area contributed by atoms with Gasteiger partial charge in [-0.2, -0.15) is 0 Å². The second kappa shape index (κ2) is 5.05. The third kappa shape index (κ3) is 2.29. The predicted molar refractivity (Wildman–Crippen MR) is 78.4 cm³/mol. The minimum Gasteiger partial charge on any atom is -0.349 e. The minimum atomic E-state index is -0.302. The Hall–Kier alpha value is -2.63. The molecule has 1 aliphatic heterocycles. The first-order chi connectivity index (χ1) is 10.1. The third-order valence-electron chi connectivity index (χ3n) is 3.69. The Morgan fingerprint density at radius 1 is 1.48 bits per heavy atom. The van der Waals surface area contributed by atoms with Gasteiger partial charge in [-0.05, 0) is 31.5 Å². The average Bonchev–Trinajstić information content (AvgIpc) is 2.92. The van der Waals surface area contributed by atoms with E-state index in [1.54, 1.807) is 24.7 Å². The van der Waals surface area contributed by atoms with Gasteiger partial charge in [-0.25, -0.2) is 0 Å². The SMILES string of the molecule is Cc1ccncc1NC(=O)c1ccn2c1C(=O)NC[C@@H]2C. The lowest BCUT2D eigenvalue weighted by Gasteiger charge is -2.23. The van der Waals surface area contributed by atoms with Crippen molar-refractivity contribution in [2.75, 3.05) is 11.9 Å². The van der Waals surface area contributed by atoms with E-state index in [0.29, 0.717) is 23.5 Å². The molecule has 2 aromatic heterocycles. The Balaban J connectivity index is 1.93. The average molecular weight is 284 g/mol. The van der Waals surface area contributed by atoms with Crippen LogP contribution in [0.3, 0.4) is 0 Å². The van der Waals surface area contributed by atoms with Crippen LogP contribution >= 0.6 is 0 Å². The summed E-state index contributed by atoms with van der Waals surface area (Å²) in [7, 11) is 0. The van der Waals surface area contributed by atoms with Crippen LogP contribution in [0, 0.1) is 6.92 Å². The predicted octanol–water partition coefficient (Wildman–Crippen LogP) is 1.75. The van der Waals surface area contributed by atoms with E-state index in [1.165, 1.54) is 0 Å².